The van der Waals surface area contributed by atoms with E-state index in [4.69, 9.17) is 40.0 Å². The first-order valence-corrected chi connectivity index (χ1v) is 18.7. The number of fused-ring (bicyclic) bond motifs is 2. The van der Waals surface area contributed by atoms with Gasteiger partial charge in [-0.15, -0.1) is 0 Å². The number of benzene rings is 5. The molecule has 5 atom stereocenters. The maximum atomic E-state index is 14.9. The van der Waals surface area contributed by atoms with Crippen molar-refractivity contribution in [3.63, 3.8) is 0 Å². The molecule has 0 unspecified atom stereocenters. The van der Waals surface area contributed by atoms with Crippen molar-refractivity contribution in [1.82, 2.24) is 0 Å². The second kappa shape index (κ2) is 16.3. The van der Waals surface area contributed by atoms with Gasteiger partial charge in [-0.25, -0.2) is 4.39 Å². The monoisotopic (exact) mass is 752 g/mol. The predicted molar refractivity (Wildman–Crippen MR) is 205 cm³/mol. The van der Waals surface area contributed by atoms with E-state index in [9.17, 15) is 9.50 Å². The Morgan fingerprint density at radius 3 is 1.87 bits per heavy atom. The van der Waals surface area contributed by atoms with Crippen LogP contribution in [0.15, 0.2) is 127 Å². The molecule has 7 rings (SSSR count). The van der Waals surface area contributed by atoms with Gasteiger partial charge in [-0.3, -0.25) is 0 Å². The molecule has 0 saturated carbocycles. The summed E-state index contributed by atoms with van der Waals surface area (Å²) in [6.07, 6.45) is -2.19. The highest BCUT2D eigenvalue weighted by Gasteiger charge is 2.73. The van der Waals surface area contributed by atoms with Crippen molar-refractivity contribution in [3.8, 4) is 5.75 Å². The fraction of sp³-hybridized carbons (Fsp3) is 0.333. The topological polar surface area (TPSA) is 75.6 Å². The van der Waals surface area contributed by atoms with Crippen molar-refractivity contribution in [2.24, 2.45) is 0 Å². The van der Waals surface area contributed by atoms with E-state index in [2.05, 4.69) is 0 Å². The van der Waals surface area contributed by atoms with Gasteiger partial charge in [-0.2, -0.15) is 0 Å². The highest BCUT2D eigenvalue weighted by atomic mass is 35.5. The van der Waals surface area contributed by atoms with Crippen LogP contribution in [0.4, 0.5) is 4.39 Å². The largest absolute Gasteiger partial charge is 0.491 e. The third-order valence-corrected chi connectivity index (χ3v) is 10.6. The lowest BCUT2D eigenvalue weighted by Gasteiger charge is -2.54. The van der Waals surface area contributed by atoms with Crippen molar-refractivity contribution < 1.29 is 37.9 Å². The molecule has 0 aromatic heterocycles. The predicted octanol–water partition coefficient (Wildman–Crippen LogP) is 8.95. The Hall–Kier alpha value is -4.12. The minimum Gasteiger partial charge on any atom is -0.491 e. The van der Waals surface area contributed by atoms with Gasteiger partial charge in [0.25, 0.3) is 0 Å². The maximum Gasteiger partial charge on any atom is 0.225 e. The fourth-order valence-corrected chi connectivity index (χ4v) is 7.57. The molecule has 5 aromatic carbocycles. The first kappa shape index (κ1) is 38.2. The molecule has 2 fully saturated rings. The van der Waals surface area contributed by atoms with E-state index < -0.39 is 41.1 Å². The summed E-state index contributed by atoms with van der Waals surface area (Å²) in [6, 6.07) is 40.1. The summed E-state index contributed by atoms with van der Waals surface area (Å²) in [7, 11) is 0. The number of ether oxygens (including phenoxy) is 6. The molecular weight excluding hydrogens is 707 g/mol. The molecule has 2 saturated heterocycles. The van der Waals surface area contributed by atoms with E-state index in [1.54, 1.807) is 26.0 Å². The normalized spacial score (nSPS) is 23.7. The molecule has 2 aliphatic heterocycles. The summed E-state index contributed by atoms with van der Waals surface area (Å²) in [5, 5.41) is 12.6. The van der Waals surface area contributed by atoms with Crippen LogP contribution in [0.1, 0.15) is 54.2 Å². The lowest BCUT2D eigenvalue weighted by Crippen LogP contribution is -2.72. The van der Waals surface area contributed by atoms with Crippen LogP contribution in [0.5, 0.6) is 5.75 Å². The molecular formula is C45H46ClFO7. The van der Waals surface area contributed by atoms with Gasteiger partial charge in [-0.1, -0.05) is 115 Å². The standard InChI is InChI=1S/C45H46ClFO7/c1-4-49-39-23-20-34(25-38(39)47)24-35-26-36(21-22-37(35)46)45-42(52-29-33-18-12-7-13-19-33)40(50-27-31-14-8-5-9-15-31)41(51-28-32-16-10-6-11-17-32)44(54-45,30-53-45)43(2,3)48/h5-23,25-26,40-42,48H,4,24,27-30H2,1-3H3/t40-,41+,42+,44+,45-/m0/s1. The molecule has 282 valence electrons. The minimum atomic E-state index is -1.56. The summed E-state index contributed by atoms with van der Waals surface area (Å²) in [6.45, 7) is 6.27. The highest BCUT2D eigenvalue weighted by Crippen LogP contribution is 2.56. The smallest absolute Gasteiger partial charge is 0.225 e. The Bertz CT molecular complexity index is 1990. The van der Waals surface area contributed by atoms with Gasteiger partial charge in [0.05, 0.1) is 38.6 Å². The van der Waals surface area contributed by atoms with Crippen LogP contribution in [0.25, 0.3) is 0 Å². The molecule has 0 spiro atoms. The Labute approximate surface area is 321 Å². The molecule has 1 N–H and O–H groups in total. The Balaban J connectivity index is 1.33. The van der Waals surface area contributed by atoms with Crippen molar-refractivity contribution >= 4 is 11.6 Å². The molecule has 0 amide bonds. The van der Waals surface area contributed by atoms with Gasteiger partial charge >= 0.3 is 0 Å². The third-order valence-electron chi connectivity index (χ3n) is 10.3. The number of halogens is 2. The van der Waals surface area contributed by atoms with Crippen LogP contribution in [-0.4, -0.2) is 47.8 Å². The molecule has 0 aliphatic carbocycles. The van der Waals surface area contributed by atoms with Gasteiger partial charge < -0.3 is 33.5 Å². The quantitative estimate of drug-likeness (QED) is 0.115. The Morgan fingerprint density at radius 1 is 0.741 bits per heavy atom. The van der Waals surface area contributed by atoms with Crippen LogP contribution in [-0.2, 0) is 55.7 Å². The molecule has 2 bridgehead atoms. The summed E-state index contributed by atoms with van der Waals surface area (Å²) >= 11 is 6.84. The zero-order valence-corrected chi connectivity index (χ0v) is 31.5. The Morgan fingerprint density at radius 2 is 1.31 bits per heavy atom. The maximum absolute atomic E-state index is 14.9. The SMILES string of the molecule is CCOc1ccc(Cc2cc([C@]34OC[C@@](C(C)(C)O)(O3)[C@H](OCc3ccccc3)[C@H](OCc3ccccc3)[C@H]4OCc3ccccc3)ccc2Cl)cc1F. The number of aliphatic hydroxyl groups is 1. The van der Waals surface area contributed by atoms with Gasteiger partial charge in [-0.05, 0) is 79.3 Å². The average molecular weight is 753 g/mol. The van der Waals surface area contributed by atoms with Crippen LogP contribution in [0.3, 0.4) is 0 Å². The number of rotatable bonds is 15. The fourth-order valence-electron chi connectivity index (χ4n) is 7.39. The molecule has 2 aliphatic rings. The number of hydrogen-bond acceptors (Lipinski definition) is 7. The first-order chi connectivity index (χ1) is 26.1. The summed E-state index contributed by atoms with van der Waals surface area (Å²) < 4.78 is 55.1. The van der Waals surface area contributed by atoms with E-state index in [0.29, 0.717) is 29.2 Å². The summed E-state index contributed by atoms with van der Waals surface area (Å²) in [4.78, 5) is 0. The first-order valence-electron chi connectivity index (χ1n) is 18.3. The summed E-state index contributed by atoms with van der Waals surface area (Å²) in [5.41, 5.74) is 2.06. The van der Waals surface area contributed by atoms with E-state index >= 15 is 0 Å². The molecule has 5 aromatic rings. The summed E-state index contributed by atoms with van der Waals surface area (Å²) in [5.74, 6) is -1.81. The lowest BCUT2D eigenvalue weighted by molar-refractivity contribution is -0.369. The second-order valence-corrected chi connectivity index (χ2v) is 14.8. The molecule has 9 heteroatoms. The number of hydrogen-bond donors (Lipinski definition) is 1. The van der Waals surface area contributed by atoms with Crippen LogP contribution < -0.4 is 4.74 Å². The van der Waals surface area contributed by atoms with E-state index in [0.717, 1.165) is 22.3 Å². The molecule has 7 nitrogen and oxygen atoms in total. The highest BCUT2D eigenvalue weighted by molar-refractivity contribution is 6.31. The third kappa shape index (κ3) is 7.84. The Kier molecular flexibility index (Phi) is 11.5. The minimum absolute atomic E-state index is 0.0194. The molecule has 0 radical (unpaired) electrons. The van der Waals surface area contributed by atoms with E-state index in [1.807, 2.05) is 116 Å². The van der Waals surface area contributed by atoms with E-state index in [-0.39, 0.29) is 32.2 Å². The van der Waals surface area contributed by atoms with Gasteiger partial charge in [0.15, 0.2) is 17.2 Å². The van der Waals surface area contributed by atoms with Gasteiger partial charge in [0.2, 0.25) is 5.79 Å². The zero-order valence-electron chi connectivity index (χ0n) is 30.8. The van der Waals surface area contributed by atoms with Crippen LogP contribution >= 0.6 is 11.6 Å². The average Bonchev–Trinajstić information content (AvgIpc) is 3.55. The van der Waals surface area contributed by atoms with Crippen molar-refractivity contribution in [1.29, 1.82) is 0 Å². The molecule has 54 heavy (non-hydrogen) atoms. The zero-order chi connectivity index (χ0) is 37.8. The lowest BCUT2D eigenvalue weighted by atomic mass is 9.74. The van der Waals surface area contributed by atoms with Crippen LogP contribution in [0, 0.1) is 5.82 Å². The molecule has 2 heterocycles. The second-order valence-electron chi connectivity index (χ2n) is 14.4. The van der Waals surface area contributed by atoms with Crippen molar-refractivity contribution in [3.05, 3.63) is 172 Å². The van der Waals surface area contributed by atoms with Crippen molar-refractivity contribution in [2.45, 2.75) is 82.3 Å². The van der Waals surface area contributed by atoms with Crippen molar-refractivity contribution in [2.75, 3.05) is 13.2 Å². The van der Waals surface area contributed by atoms with E-state index in [1.165, 1.54) is 6.07 Å². The van der Waals surface area contributed by atoms with Gasteiger partial charge in [0, 0.05) is 10.6 Å². The van der Waals surface area contributed by atoms with Gasteiger partial charge in [0.1, 0.15) is 18.3 Å². The van der Waals surface area contributed by atoms with Crippen LogP contribution in [0.2, 0.25) is 5.02 Å².